The first-order valence-electron chi connectivity index (χ1n) is 8.11. The van der Waals surface area contributed by atoms with Crippen LogP contribution in [0, 0.1) is 0 Å². The van der Waals surface area contributed by atoms with Crippen molar-refractivity contribution in [3.8, 4) is 11.5 Å². The summed E-state index contributed by atoms with van der Waals surface area (Å²) in [6.45, 7) is 4.01. The Labute approximate surface area is 151 Å². The number of ether oxygens (including phenoxy) is 2. The highest BCUT2D eigenvalue weighted by atomic mass is 32.1. The van der Waals surface area contributed by atoms with Crippen LogP contribution in [0.25, 0.3) is 0 Å². The maximum Gasteiger partial charge on any atom is 0.191 e. The quantitative estimate of drug-likeness (QED) is 0.646. The number of anilines is 1. The van der Waals surface area contributed by atoms with E-state index in [1.165, 1.54) is 0 Å². The Hall–Kier alpha value is -2.48. The van der Waals surface area contributed by atoms with Gasteiger partial charge >= 0.3 is 0 Å². The summed E-state index contributed by atoms with van der Waals surface area (Å²) in [6, 6.07) is 5.78. The highest BCUT2D eigenvalue weighted by molar-refractivity contribution is 7.13. The SMILES string of the molecule is COc1ccc(CN=C(N)N2CCN(c3nccs3)CC2)cc1OC. The Morgan fingerprint density at radius 2 is 1.96 bits per heavy atom. The first kappa shape index (κ1) is 17.3. The molecule has 25 heavy (non-hydrogen) atoms. The average Bonchev–Trinajstić information content (AvgIpc) is 3.20. The fourth-order valence-electron chi connectivity index (χ4n) is 2.75. The summed E-state index contributed by atoms with van der Waals surface area (Å²) < 4.78 is 10.6. The van der Waals surface area contributed by atoms with Crippen molar-refractivity contribution >= 4 is 22.4 Å². The number of aliphatic imine (C=N–C) groups is 1. The summed E-state index contributed by atoms with van der Waals surface area (Å²) in [5.74, 6) is 1.99. The van der Waals surface area contributed by atoms with Gasteiger partial charge in [-0.2, -0.15) is 0 Å². The largest absolute Gasteiger partial charge is 0.493 e. The molecule has 8 heteroatoms. The van der Waals surface area contributed by atoms with Crippen LogP contribution < -0.4 is 20.1 Å². The Kier molecular flexibility index (Phi) is 5.60. The number of thiazole rings is 1. The van der Waals surface area contributed by atoms with Crippen molar-refractivity contribution in [3.05, 3.63) is 35.3 Å². The maximum atomic E-state index is 6.18. The summed E-state index contributed by atoms with van der Waals surface area (Å²) in [6.07, 6.45) is 1.84. The van der Waals surface area contributed by atoms with Gasteiger partial charge in [0.15, 0.2) is 22.6 Å². The minimum Gasteiger partial charge on any atom is -0.493 e. The molecular formula is C17H23N5O2S. The Balaban J connectivity index is 1.57. The third kappa shape index (κ3) is 4.14. The van der Waals surface area contributed by atoms with Crippen molar-refractivity contribution in [2.45, 2.75) is 6.54 Å². The molecule has 2 aromatic rings. The van der Waals surface area contributed by atoms with Crippen LogP contribution in [0.1, 0.15) is 5.56 Å². The zero-order chi connectivity index (χ0) is 17.6. The lowest BCUT2D eigenvalue weighted by Crippen LogP contribution is -2.51. The first-order valence-corrected chi connectivity index (χ1v) is 8.99. The highest BCUT2D eigenvalue weighted by Gasteiger charge is 2.19. The number of nitrogens with zero attached hydrogens (tertiary/aromatic N) is 4. The molecule has 134 valence electrons. The lowest BCUT2D eigenvalue weighted by atomic mass is 10.2. The van der Waals surface area contributed by atoms with E-state index in [4.69, 9.17) is 15.2 Å². The van der Waals surface area contributed by atoms with Gasteiger partial charge in [-0.1, -0.05) is 6.07 Å². The number of guanidine groups is 1. The number of aromatic nitrogens is 1. The van der Waals surface area contributed by atoms with Crippen LogP contribution in [0.2, 0.25) is 0 Å². The number of hydrogen-bond acceptors (Lipinski definition) is 6. The Bertz CT molecular complexity index is 712. The molecule has 0 unspecified atom stereocenters. The van der Waals surface area contributed by atoms with Gasteiger partial charge in [0.05, 0.1) is 20.8 Å². The molecule has 1 aliphatic rings. The molecule has 1 aromatic carbocycles. The Morgan fingerprint density at radius 1 is 1.20 bits per heavy atom. The molecule has 1 aliphatic heterocycles. The minimum absolute atomic E-state index is 0.513. The van der Waals surface area contributed by atoms with E-state index in [1.54, 1.807) is 25.6 Å². The van der Waals surface area contributed by atoms with E-state index in [2.05, 4.69) is 19.8 Å². The van der Waals surface area contributed by atoms with Gasteiger partial charge in [-0.05, 0) is 17.7 Å². The van der Waals surface area contributed by atoms with Crippen LogP contribution in [0.3, 0.4) is 0 Å². The van der Waals surface area contributed by atoms with E-state index >= 15 is 0 Å². The fraction of sp³-hybridized carbons (Fsp3) is 0.412. The molecular weight excluding hydrogens is 338 g/mol. The van der Waals surface area contributed by atoms with Crippen LogP contribution in [0.15, 0.2) is 34.8 Å². The van der Waals surface area contributed by atoms with Gasteiger partial charge in [0.1, 0.15) is 0 Å². The third-order valence-corrected chi connectivity index (χ3v) is 5.00. The van der Waals surface area contributed by atoms with Crippen LogP contribution in [0.4, 0.5) is 5.13 Å². The highest BCUT2D eigenvalue weighted by Crippen LogP contribution is 2.27. The molecule has 0 radical (unpaired) electrons. The van der Waals surface area contributed by atoms with Gasteiger partial charge in [-0.3, -0.25) is 0 Å². The monoisotopic (exact) mass is 361 g/mol. The van der Waals surface area contributed by atoms with Gasteiger partial charge in [0, 0.05) is 37.8 Å². The zero-order valence-electron chi connectivity index (χ0n) is 14.5. The molecule has 1 saturated heterocycles. The molecule has 2 heterocycles. The lowest BCUT2D eigenvalue weighted by Gasteiger charge is -2.35. The summed E-state index contributed by atoms with van der Waals surface area (Å²) in [5, 5.41) is 3.07. The number of hydrogen-bond donors (Lipinski definition) is 1. The topological polar surface area (TPSA) is 76.2 Å². The van der Waals surface area contributed by atoms with Crippen molar-refractivity contribution in [3.63, 3.8) is 0 Å². The molecule has 0 atom stereocenters. The van der Waals surface area contributed by atoms with Gasteiger partial charge in [0.25, 0.3) is 0 Å². The van der Waals surface area contributed by atoms with Crippen molar-refractivity contribution < 1.29 is 9.47 Å². The molecule has 0 saturated carbocycles. The van der Waals surface area contributed by atoms with Gasteiger partial charge in [0.2, 0.25) is 0 Å². The van der Waals surface area contributed by atoms with Crippen LogP contribution >= 0.6 is 11.3 Å². The molecule has 0 amide bonds. The van der Waals surface area contributed by atoms with Crippen LogP contribution in [-0.2, 0) is 6.54 Å². The van der Waals surface area contributed by atoms with Crippen molar-refractivity contribution in [1.82, 2.24) is 9.88 Å². The predicted octanol–water partition coefficient (Wildman–Crippen LogP) is 1.80. The number of rotatable bonds is 5. The standard InChI is InChI=1S/C17H23N5O2S/c1-23-14-4-3-13(11-15(14)24-2)12-20-16(18)21-6-8-22(9-7-21)17-19-5-10-25-17/h3-5,10-11H,6-9,12H2,1-2H3,(H2,18,20). The summed E-state index contributed by atoms with van der Waals surface area (Å²) in [4.78, 5) is 13.3. The van der Waals surface area contributed by atoms with E-state index in [0.29, 0.717) is 24.0 Å². The first-order chi connectivity index (χ1) is 12.2. The summed E-state index contributed by atoms with van der Waals surface area (Å²) >= 11 is 1.67. The van der Waals surface area contributed by atoms with E-state index in [1.807, 2.05) is 29.8 Å². The number of nitrogens with two attached hydrogens (primary N) is 1. The van der Waals surface area contributed by atoms with Crippen molar-refractivity contribution in [1.29, 1.82) is 0 Å². The van der Waals surface area contributed by atoms with E-state index in [9.17, 15) is 0 Å². The van der Waals surface area contributed by atoms with E-state index in [-0.39, 0.29) is 0 Å². The van der Waals surface area contributed by atoms with Gasteiger partial charge < -0.3 is 25.0 Å². The average molecular weight is 361 g/mol. The molecule has 1 fully saturated rings. The van der Waals surface area contributed by atoms with Crippen LogP contribution in [-0.4, -0.2) is 56.2 Å². The normalized spacial score (nSPS) is 15.4. The molecule has 2 N–H and O–H groups in total. The molecule has 0 spiro atoms. The van der Waals surface area contributed by atoms with Gasteiger partial charge in [-0.25, -0.2) is 9.98 Å². The second-order valence-corrected chi connectivity index (χ2v) is 6.53. The van der Waals surface area contributed by atoms with E-state index < -0.39 is 0 Å². The molecule has 1 aromatic heterocycles. The van der Waals surface area contributed by atoms with Crippen molar-refractivity contribution in [2.24, 2.45) is 10.7 Å². The third-order valence-electron chi connectivity index (χ3n) is 4.17. The number of piperazine rings is 1. The smallest absolute Gasteiger partial charge is 0.191 e. The fourth-order valence-corrected chi connectivity index (χ4v) is 3.45. The van der Waals surface area contributed by atoms with Gasteiger partial charge in [-0.15, -0.1) is 11.3 Å². The minimum atomic E-state index is 0.513. The Morgan fingerprint density at radius 3 is 2.60 bits per heavy atom. The van der Waals surface area contributed by atoms with E-state index in [0.717, 1.165) is 36.9 Å². The van der Waals surface area contributed by atoms with Crippen molar-refractivity contribution in [2.75, 3.05) is 45.3 Å². The van der Waals surface area contributed by atoms with Crippen LogP contribution in [0.5, 0.6) is 11.5 Å². The second-order valence-electron chi connectivity index (χ2n) is 5.65. The predicted molar refractivity (Wildman–Crippen MR) is 101 cm³/mol. The molecule has 0 aliphatic carbocycles. The lowest BCUT2D eigenvalue weighted by molar-refractivity contribution is 0.354. The summed E-state index contributed by atoms with van der Waals surface area (Å²) in [5.41, 5.74) is 7.21. The zero-order valence-corrected chi connectivity index (χ0v) is 15.3. The number of benzene rings is 1. The maximum absolute atomic E-state index is 6.18. The molecule has 0 bridgehead atoms. The second kappa shape index (κ2) is 8.06. The number of methoxy groups -OCH3 is 2. The summed E-state index contributed by atoms with van der Waals surface area (Å²) in [7, 11) is 3.25. The molecule has 7 nitrogen and oxygen atoms in total. The molecule has 3 rings (SSSR count).